The van der Waals surface area contributed by atoms with Crippen molar-refractivity contribution < 1.29 is 4.74 Å². The predicted molar refractivity (Wildman–Crippen MR) is 67.3 cm³/mol. The van der Waals surface area contributed by atoms with Gasteiger partial charge in [-0.1, -0.05) is 30.9 Å². The molecule has 1 aliphatic heterocycles. The summed E-state index contributed by atoms with van der Waals surface area (Å²) in [7, 11) is 0. The highest BCUT2D eigenvalue weighted by molar-refractivity contribution is 5.11. The van der Waals surface area contributed by atoms with Crippen molar-refractivity contribution in [1.29, 1.82) is 0 Å². The SMILES string of the molecule is NCC(=CC1CCOCC1)C1CCCCC1. The minimum Gasteiger partial charge on any atom is -0.381 e. The van der Waals surface area contributed by atoms with E-state index >= 15 is 0 Å². The molecule has 0 amide bonds. The molecule has 0 bridgehead atoms. The summed E-state index contributed by atoms with van der Waals surface area (Å²) in [6, 6.07) is 0. The fourth-order valence-corrected chi connectivity index (χ4v) is 3.03. The van der Waals surface area contributed by atoms with Crippen LogP contribution in [0.1, 0.15) is 44.9 Å². The quantitative estimate of drug-likeness (QED) is 0.747. The second kappa shape index (κ2) is 6.41. The number of allylic oxidation sites excluding steroid dienone is 1. The van der Waals surface area contributed by atoms with Gasteiger partial charge in [0.2, 0.25) is 0 Å². The first-order chi connectivity index (χ1) is 7.90. The van der Waals surface area contributed by atoms with Crippen LogP contribution in [0.5, 0.6) is 0 Å². The van der Waals surface area contributed by atoms with Crippen molar-refractivity contribution in [2.45, 2.75) is 44.9 Å². The van der Waals surface area contributed by atoms with E-state index in [0.29, 0.717) is 0 Å². The van der Waals surface area contributed by atoms with Crippen molar-refractivity contribution in [3.05, 3.63) is 11.6 Å². The fourth-order valence-electron chi connectivity index (χ4n) is 3.03. The number of nitrogens with two attached hydrogens (primary N) is 1. The molecule has 1 saturated heterocycles. The smallest absolute Gasteiger partial charge is 0.0471 e. The van der Waals surface area contributed by atoms with Crippen LogP contribution in [-0.4, -0.2) is 19.8 Å². The summed E-state index contributed by atoms with van der Waals surface area (Å²) in [5.41, 5.74) is 7.46. The van der Waals surface area contributed by atoms with Crippen molar-refractivity contribution in [3.63, 3.8) is 0 Å². The average molecular weight is 223 g/mol. The minimum absolute atomic E-state index is 0.731. The fraction of sp³-hybridized carbons (Fsp3) is 0.857. The zero-order valence-corrected chi connectivity index (χ0v) is 10.3. The van der Waals surface area contributed by atoms with E-state index in [1.54, 1.807) is 0 Å². The molecule has 0 atom stereocenters. The van der Waals surface area contributed by atoms with Gasteiger partial charge in [0.25, 0.3) is 0 Å². The second-order valence-electron chi connectivity index (χ2n) is 5.23. The number of hydrogen-bond acceptors (Lipinski definition) is 2. The van der Waals surface area contributed by atoms with Crippen LogP contribution in [0.3, 0.4) is 0 Å². The number of ether oxygens (including phenoxy) is 1. The van der Waals surface area contributed by atoms with Gasteiger partial charge in [0.15, 0.2) is 0 Å². The lowest BCUT2D eigenvalue weighted by molar-refractivity contribution is 0.0781. The molecule has 1 saturated carbocycles. The molecular formula is C14H25NO. The molecule has 1 aliphatic carbocycles. The lowest BCUT2D eigenvalue weighted by atomic mass is 9.82. The summed E-state index contributed by atoms with van der Waals surface area (Å²) >= 11 is 0. The van der Waals surface area contributed by atoms with Crippen molar-refractivity contribution in [2.75, 3.05) is 19.8 Å². The van der Waals surface area contributed by atoms with Crippen molar-refractivity contribution >= 4 is 0 Å². The topological polar surface area (TPSA) is 35.2 Å². The Morgan fingerprint density at radius 3 is 2.38 bits per heavy atom. The highest BCUT2D eigenvalue weighted by Crippen LogP contribution is 2.31. The van der Waals surface area contributed by atoms with Gasteiger partial charge in [-0.2, -0.15) is 0 Å². The largest absolute Gasteiger partial charge is 0.381 e. The van der Waals surface area contributed by atoms with Crippen molar-refractivity contribution in [3.8, 4) is 0 Å². The zero-order valence-electron chi connectivity index (χ0n) is 10.3. The molecule has 2 nitrogen and oxygen atoms in total. The Balaban J connectivity index is 1.93. The number of rotatable bonds is 3. The summed E-state index contributed by atoms with van der Waals surface area (Å²) < 4.78 is 5.40. The van der Waals surface area contributed by atoms with Crippen LogP contribution < -0.4 is 5.73 Å². The van der Waals surface area contributed by atoms with E-state index < -0.39 is 0 Å². The van der Waals surface area contributed by atoms with Crippen molar-refractivity contribution in [1.82, 2.24) is 0 Å². The summed E-state index contributed by atoms with van der Waals surface area (Å²) in [4.78, 5) is 0. The molecule has 0 aromatic carbocycles. The van der Waals surface area contributed by atoms with Crippen LogP contribution >= 0.6 is 0 Å². The van der Waals surface area contributed by atoms with Gasteiger partial charge in [-0.15, -0.1) is 0 Å². The first-order valence-electron chi connectivity index (χ1n) is 6.88. The average Bonchev–Trinajstić information content (AvgIpc) is 2.38. The third kappa shape index (κ3) is 3.33. The van der Waals surface area contributed by atoms with E-state index in [-0.39, 0.29) is 0 Å². The Hall–Kier alpha value is -0.340. The zero-order chi connectivity index (χ0) is 11.2. The van der Waals surface area contributed by atoms with Gasteiger partial charge < -0.3 is 10.5 Å². The second-order valence-corrected chi connectivity index (χ2v) is 5.23. The van der Waals surface area contributed by atoms with E-state index in [9.17, 15) is 0 Å². The predicted octanol–water partition coefficient (Wildman–Crippen LogP) is 2.88. The lowest BCUT2D eigenvalue weighted by Crippen LogP contribution is -2.20. The summed E-state index contributed by atoms with van der Waals surface area (Å²) in [6.07, 6.45) is 11.8. The third-order valence-electron chi connectivity index (χ3n) is 4.08. The van der Waals surface area contributed by atoms with E-state index in [4.69, 9.17) is 10.5 Å². The van der Waals surface area contributed by atoms with E-state index in [0.717, 1.165) is 31.6 Å². The molecule has 92 valence electrons. The molecule has 2 fully saturated rings. The molecule has 0 aromatic heterocycles. The summed E-state index contributed by atoms with van der Waals surface area (Å²) in [5.74, 6) is 1.52. The molecule has 0 aromatic rings. The van der Waals surface area contributed by atoms with Gasteiger partial charge in [0, 0.05) is 19.8 Å². The van der Waals surface area contributed by atoms with Gasteiger partial charge in [-0.05, 0) is 37.5 Å². The molecule has 16 heavy (non-hydrogen) atoms. The monoisotopic (exact) mass is 223 g/mol. The molecule has 2 aliphatic rings. The van der Waals surface area contributed by atoms with E-state index in [2.05, 4.69) is 6.08 Å². The van der Waals surface area contributed by atoms with E-state index in [1.165, 1.54) is 50.5 Å². The van der Waals surface area contributed by atoms with Crippen LogP contribution in [0, 0.1) is 11.8 Å². The standard InChI is InChI=1S/C14H25NO/c15-11-14(13-4-2-1-3-5-13)10-12-6-8-16-9-7-12/h10,12-13H,1-9,11,15H2. The van der Waals surface area contributed by atoms with Crippen LogP contribution in [0.15, 0.2) is 11.6 Å². The summed E-state index contributed by atoms with van der Waals surface area (Å²) in [5, 5.41) is 0. The highest BCUT2D eigenvalue weighted by Gasteiger charge is 2.19. The Bertz CT molecular complexity index is 225. The van der Waals surface area contributed by atoms with Crippen LogP contribution in [0.25, 0.3) is 0 Å². The Kier molecular flexibility index (Phi) is 4.86. The molecule has 0 unspecified atom stereocenters. The molecular weight excluding hydrogens is 198 g/mol. The molecule has 0 radical (unpaired) electrons. The van der Waals surface area contributed by atoms with Gasteiger partial charge in [0.1, 0.15) is 0 Å². The van der Waals surface area contributed by atoms with Crippen LogP contribution in [0.2, 0.25) is 0 Å². The Morgan fingerprint density at radius 2 is 1.75 bits per heavy atom. The van der Waals surface area contributed by atoms with Gasteiger partial charge in [-0.3, -0.25) is 0 Å². The molecule has 0 spiro atoms. The molecule has 2 heteroatoms. The lowest BCUT2D eigenvalue weighted by Gasteiger charge is -2.26. The molecule has 2 rings (SSSR count). The maximum atomic E-state index is 5.92. The van der Waals surface area contributed by atoms with Gasteiger partial charge in [0.05, 0.1) is 0 Å². The maximum Gasteiger partial charge on any atom is 0.0471 e. The van der Waals surface area contributed by atoms with Crippen LogP contribution in [-0.2, 0) is 4.74 Å². The third-order valence-corrected chi connectivity index (χ3v) is 4.08. The normalized spacial score (nSPS) is 25.9. The maximum absolute atomic E-state index is 5.92. The first-order valence-corrected chi connectivity index (χ1v) is 6.88. The minimum atomic E-state index is 0.731. The van der Waals surface area contributed by atoms with E-state index in [1.807, 2.05) is 0 Å². The summed E-state index contributed by atoms with van der Waals surface area (Å²) in [6.45, 7) is 2.63. The molecule has 1 heterocycles. The van der Waals surface area contributed by atoms with Gasteiger partial charge in [-0.25, -0.2) is 0 Å². The number of hydrogen-bond donors (Lipinski definition) is 1. The first kappa shape index (κ1) is 12.1. The Morgan fingerprint density at radius 1 is 1.06 bits per heavy atom. The van der Waals surface area contributed by atoms with Crippen molar-refractivity contribution in [2.24, 2.45) is 17.6 Å². The Labute approximate surface area is 99.2 Å². The highest BCUT2D eigenvalue weighted by atomic mass is 16.5. The van der Waals surface area contributed by atoms with Gasteiger partial charge >= 0.3 is 0 Å². The molecule has 2 N–H and O–H groups in total. The van der Waals surface area contributed by atoms with Crippen LogP contribution in [0.4, 0.5) is 0 Å².